The molecule has 1 heterocycles. The van der Waals surface area contributed by atoms with Crippen LogP contribution in [0, 0.1) is 17.8 Å². The maximum Gasteiger partial charge on any atom is 0.308 e. The highest BCUT2D eigenvalue weighted by Crippen LogP contribution is 2.44. The molecular weight excluding hydrogens is 328 g/mol. The van der Waals surface area contributed by atoms with Crippen molar-refractivity contribution in [2.24, 2.45) is 17.8 Å². The summed E-state index contributed by atoms with van der Waals surface area (Å²) in [6.45, 7) is 0.842. The standard InChI is InChI=1S/C21H22N2O3/c24-20(23-12-17(14-10-11-14)18(13-23)21(25)26)16-8-4-5-9-19(16)22-15-6-2-1-3-7-15/h1-9,14,17-18,22H,10-13H2,(H,25,26)/t17-,18+/m1/s1. The molecule has 2 atom stereocenters. The topological polar surface area (TPSA) is 69.6 Å². The Hall–Kier alpha value is -2.82. The fourth-order valence-electron chi connectivity index (χ4n) is 3.88. The van der Waals surface area contributed by atoms with Crippen LogP contribution in [0.15, 0.2) is 54.6 Å². The number of nitrogens with one attached hydrogen (secondary N) is 1. The van der Waals surface area contributed by atoms with E-state index < -0.39 is 11.9 Å². The van der Waals surface area contributed by atoms with E-state index in [1.165, 1.54) is 0 Å². The van der Waals surface area contributed by atoms with Crippen LogP contribution < -0.4 is 5.32 Å². The molecule has 0 unspecified atom stereocenters. The van der Waals surface area contributed by atoms with E-state index in [1.54, 1.807) is 11.0 Å². The molecule has 0 radical (unpaired) electrons. The van der Waals surface area contributed by atoms with Gasteiger partial charge in [-0.2, -0.15) is 0 Å². The number of benzene rings is 2. The highest BCUT2D eigenvalue weighted by atomic mass is 16.4. The van der Waals surface area contributed by atoms with Crippen LogP contribution in [-0.4, -0.2) is 35.0 Å². The lowest BCUT2D eigenvalue weighted by atomic mass is 9.92. The van der Waals surface area contributed by atoms with E-state index in [4.69, 9.17) is 0 Å². The number of likely N-dealkylation sites (tertiary alicyclic amines) is 1. The lowest BCUT2D eigenvalue weighted by Gasteiger charge is -2.19. The van der Waals surface area contributed by atoms with Crippen molar-refractivity contribution in [3.8, 4) is 0 Å². The number of carbonyl (C=O) groups excluding carboxylic acids is 1. The lowest BCUT2D eigenvalue weighted by Crippen LogP contribution is -2.30. The highest BCUT2D eigenvalue weighted by Gasteiger charge is 2.47. The first-order chi connectivity index (χ1) is 12.6. The molecule has 26 heavy (non-hydrogen) atoms. The van der Waals surface area contributed by atoms with Crippen LogP contribution in [0.1, 0.15) is 23.2 Å². The molecule has 134 valence electrons. The molecule has 2 N–H and O–H groups in total. The van der Waals surface area contributed by atoms with Crippen molar-refractivity contribution in [3.05, 3.63) is 60.2 Å². The zero-order valence-corrected chi connectivity index (χ0v) is 14.5. The van der Waals surface area contributed by atoms with Gasteiger partial charge in [0.15, 0.2) is 0 Å². The summed E-state index contributed by atoms with van der Waals surface area (Å²) in [5.41, 5.74) is 2.23. The summed E-state index contributed by atoms with van der Waals surface area (Å²) in [5, 5.41) is 12.8. The smallest absolute Gasteiger partial charge is 0.308 e. The van der Waals surface area contributed by atoms with Crippen molar-refractivity contribution in [1.29, 1.82) is 0 Å². The number of carboxylic acids is 1. The summed E-state index contributed by atoms with van der Waals surface area (Å²) < 4.78 is 0. The minimum absolute atomic E-state index is 0.0886. The number of para-hydroxylation sites is 2. The summed E-state index contributed by atoms with van der Waals surface area (Å²) in [5.74, 6) is -0.774. The van der Waals surface area contributed by atoms with Crippen LogP contribution in [0.2, 0.25) is 0 Å². The van der Waals surface area contributed by atoms with Crippen molar-refractivity contribution in [1.82, 2.24) is 4.90 Å². The van der Waals surface area contributed by atoms with Crippen molar-refractivity contribution < 1.29 is 14.7 Å². The van der Waals surface area contributed by atoms with Gasteiger partial charge < -0.3 is 15.3 Å². The monoisotopic (exact) mass is 350 g/mol. The molecule has 2 aliphatic rings. The average Bonchev–Trinajstić information content (AvgIpc) is 3.40. The molecule has 1 saturated heterocycles. The Kier molecular flexibility index (Phi) is 4.37. The fourth-order valence-corrected chi connectivity index (χ4v) is 3.88. The van der Waals surface area contributed by atoms with Gasteiger partial charge in [-0.05, 0) is 48.9 Å². The first-order valence-electron chi connectivity index (χ1n) is 9.06. The zero-order chi connectivity index (χ0) is 18.1. The number of amides is 1. The number of hydrogen-bond acceptors (Lipinski definition) is 3. The van der Waals surface area contributed by atoms with E-state index in [9.17, 15) is 14.7 Å². The summed E-state index contributed by atoms with van der Waals surface area (Å²) in [7, 11) is 0. The van der Waals surface area contributed by atoms with Crippen molar-refractivity contribution in [2.75, 3.05) is 18.4 Å². The van der Waals surface area contributed by atoms with Crippen LogP contribution in [0.5, 0.6) is 0 Å². The van der Waals surface area contributed by atoms with Gasteiger partial charge in [-0.15, -0.1) is 0 Å². The van der Waals surface area contributed by atoms with Crippen LogP contribution >= 0.6 is 0 Å². The van der Waals surface area contributed by atoms with E-state index in [0.29, 0.717) is 24.6 Å². The molecule has 0 aromatic heterocycles. The number of aliphatic carboxylic acids is 1. The predicted octanol–water partition coefficient (Wildman–Crippen LogP) is 3.61. The van der Waals surface area contributed by atoms with Gasteiger partial charge in [-0.1, -0.05) is 30.3 Å². The largest absolute Gasteiger partial charge is 0.481 e. The maximum absolute atomic E-state index is 13.1. The van der Waals surface area contributed by atoms with Gasteiger partial charge in [0.1, 0.15) is 0 Å². The fraction of sp³-hybridized carbons (Fsp3) is 0.333. The summed E-state index contributed by atoms with van der Waals surface area (Å²) in [4.78, 5) is 26.4. The van der Waals surface area contributed by atoms with Crippen LogP contribution in [0.3, 0.4) is 0 Å². The van der Waals surface area contributed by atoms with Gasteiger partial charge in [0.25, 0.3) is 5.91 Å². The number of carbonyl (C=O) groups is 2. The highest BCUT2D eigenvalue weighted by molar-refractivity contribution is 6.00. The molecule has 1 amide bonds. The van der Waals surface area contributed by atoms with Crippen molar-refractivity contribution in [3.63, 3.8) is 0 Å². The van der Waals surface area contributed by atoms with Crippen LogP contribution in [0.4, 0.5) is 11.4 Å². The first-order valence-corrected chi connectivity index (χ1v) is 9.06. The second kappa shape index (κ2) is 6.83. The van der Waals surface area contributed by atoms with Gasteiger partial charge in [-0.25, -0.2) is 0 Å². The van der Waals surface area contributed by atoms with Crippen molar-refractivity contribution >= 4 is 23.3 Å². The van der Waals surface area contributed by atoms with Crippen molar-refractivity contribution in [2.45, 2.75) is 12.8 Å². The molecule has 4 rings (SSSR count). The first kappa shape index (κ1) is 16.6. The number of hydrogen-bond donors (Lipinski definition) is 2. The number of rotatable bonds is 5. The summed E-state index contributed by atoms with van der Waals surface area (Å²) in [6.07, 6.45) is 2.17. The number of anilines is 2. The molecule has 1 saturated carbocycles. The third-order valence-electron chi connectivity index (χ3n) is 5.41. The molecule has 5 nitrogen and oxygen atoms in total. The molecule has 2 fully saturated rings. The molecule has 2 aromatic rings. The Labute approximate surface area is 152 Å². The van der Waals surface area contributed by atoms with E-state index >= 15 is 0 Å². The SMILES string of the molecule is O=C(O)[C@H]1CN(C(=O)c2ccccc2Nc2ccccc2)C[C@@H]1C1CC1. The lowest BCUT2D eigenvalue weighted by molar-refractivity contribution is -0.142. The normalized spacial score (nSPS) is 22.2. The predicted molar refractivity (Wildman–Crippen MR) is 99.4 cm³/mol. The summed E-state index contributed by atoms with van der Waals surface area (Å²) >= 11 is 0. The Morgan fingerprint density at radius 3 is 2.35 bits per heavy atom. The second-order valence-corrected chi connectivity index (χ2v) is 7.19. The molecule has 0 bridgehead atoms. The Balaban J connectivity index is 1.56. The molecule has 2 aromatic carbocycles. The van der Waals surface area contributed by atoms with E-state index in [1.807, 2.05) is 48.5 Å². The van der Waals surface area contributed by atoms with Gasteiger partial charge in [0.2, 0.25) is 0 Å². The van der Waals surface area contributed by atoms with Crippen LogP contribution in [0.25, 0.3) is 0 Å². The van der Waals surface area contributed by atoms with Gasteiger partial charge in [0, 0.05) is 18.8 Å². The third-order valence-corrected chi connectivity index (χ3v) is 5.41. The number of carboxylic acid groups (broad SMARTS) is 1. The van der Waals surface area contributed by atoms with Gasteiger partial charge >= 0.3 is 5.97 Å². The number of nitrogens with zero attached hydrogens (tertiary/aromatic N) is 1. The van der Waals surface area contributed by atoms with E-state index in [2.05, 4.69) is 5.32 Å². The maximum atomic E-state index is 13.1. The molecule has 1 aliphatic heterocycles. The second-order valence-electron chi connectivity index (χ2n) is 7.19. The van der Waals surface area contributed by atoms with Gasteiger partial charge in [-0.3, -0.25) is 9.59 Å². The minimum Gasteiger partial charge on any atom is -0.481 e. The van der Waals surface area contributed by atoms with Crippen LogP contribution in [-0.2, 0) is 4.79 Å². The Bertz CT molecular complexity index is 817. The quantitative estimate of drug-likeness (QED) is 0.864. The minimum atomic E-state index is -0.784. The Morgan fingerprint density at radius 1 is 0.962 bits per heavy atom. The summed E-state index contributed by atoms with van der Waals surface area (Å²) in [6, 6.07) is 17.1. The average molecular weight is 350 g/mol. The molecular formula is C21H22N2O3. The zero-order valence-electron chi connectivity index (χ0n) is 14.5. The Morgan fingerprint density at radius 2 is 1.65 bits per heavy atom. The molecule has 1 aliphatic carbocycles. The van der Waals surface area contributed by atoms with E-state index in [-0.39, 0.29) is 11.8 Å². The van der Waals surface area contributed by atoms with E-state index in [0.717, 1.165) is 24.2 Å². The third kappa shape index (κ3) is 3.29. The van der Waals surface area contributed by atoms with Gasteiger partial charge in [0.05, 0.1) is 17.2 Å². The molecule has 0 spiro atoms. The molecule has 5 heteroatoms.